The zero-order valence-electron chi connectivity index (χ0n) is 11.6. The van der Waals surface area contributed by atoms with Crippen molar-refractivity contribution in [3.05, 3.63) is 0 Å². The zero-order chi connectivity index (χ0) is 13.6. The number of likely N-dealkylation sites (N-methyl/N-ethyl adjacent to an activating group) is 1. The van der Waals surface area contributed by atoms with E-state index in [0.717, 1.165) is 0 Å². The van der Waals surface area contributed by atoms with Gasteiger partial charge in [0.05, 0.1) is 0 Å². The Morgan fingerprint density at radius 1 is 1.24 bits per heavy atom. The van der Waals surface area contributed by atoms with Gasteiger partial charge in [-0.05, 0) is 31.6 Å². The van der Waals surface area contributed by atoms with Crippen molar-refractivity contribution in [2.75, 3.05) is 6.54 Å². The van der Waals surface area contributed by atoms with Crippen LogP contribution in [0.25, 0.3) is 0 Å². The fourth-order valence-electron chi connectivity index (χ4n) is 2.44. The summed E-state index contributed by atoms with van der Waals surface area (Å²) < 4.78 is 0. The van der Waals surface area contributed by atoms with Gasteiger partial charge in [0.15, 0.2) is 0 Å². The highest BCUT2D eigenvalue weighted by Gasteiger charge is 2.44. The molecule has 0 aromatic heterocycles. The first-order valence-electron chi connectivity index (χ1n) is 6.25. The molecule has 0 rings (SSSR count). The lowest BCUT2D eigenvalue weighted by atomic mass is 9.80. The summed E-state index contributed by atoms with van der Waals surface area (Å²) in [4.78, 5) is 24.2. The summed E-state index contributed by atoms with van der Waals surface area (Å²) in [6, 6.07) is 0. The lowest BCUT2D eigenvalue weighted by Gasteiger charge is -2.40. The molecule has 0 aromatic rings. The number of carbonyl (C=O) groups excluding carboxylic acids is 1. The maximum Gasteiger partial charge on any atom is 0.329 e. The van der Waals surface area contributed by atoms with Gasteiger partial charge in [-0.3, -0.25) is 4.79 Å². The molecule has 0 aliphatic rings. The lowest BCUT2D eigenvalue weighted by molar-refractivity contribution is -0.157. The molecule has 0 saturated carbocycles. The number of carboxylic acid groups (broad SMARTS) is 1. The molecular weight excluding hydrogens is 218 g/mol. The van der Waals surface area contributed by atoms with Gasteiger partial charge in [-0.2, -0.15) is 0 Å². The van der Waals surface area contributed by atoms with E-state index in [4.69, 9.17) is 0 Å². The molecule has 0 aromatic carbocycles. The molecule has 0 unspecified atom stereocenters. The molecule has 1 amide bonds. The van der Waals surface area contributed by atoms with Gasteiger partial charge in [0.2, 0.25) is 6.41 Å². The summed E-state index contributed by atoms with van der Waals surface area (Å²) in [5, 5.41) is 9.55. The molecule has 100 valence electrons. The fraction of sp³-hybridized carbons (Fsp3) is 0.846. The number of hydrogen-bond acceptors (Lipinski definition) is 2. The van der Waals surface area contributed by atoms with E-state index >= 15 is 0 Å². The zero-order valence-corrected chi connectivity index (χ0v) is 11.6. The normalized spacial score (nSPS) is 11.9. The highest BCUT2D eigenvalue weighted by atomic mass is 16.4. The molecular formula is C13H25NO3. The van der Waals surface area contributed by atoms with Gasteiger partial charge in [-0.25, -0.2) is 4.79 Å². The number of rotatable bonds is 8. The standard InChI is InChI=1S/C13H25NO3/c1-6-14(9-15)13(12(16)17,7-10(2)3)8-11(4)5/h9-11H,6-8H2,1-5H3,(H,16,17). The van der Waals surface area contributed by atoms with Crippen LogP contribution in [0, 0.1) is 11.8 Å². The Labute approximate surface area is 104 Å². The fourth-order valence-corrected chi connectivity index (χ4v) is 2.44. The molecule has 0 fully saturated rings. The predicted octanol–water partition coefficient (Wildman–Crippen LogP) is 2.38. The van der Waals surface area contributed by atoms with Crippen molar-refractivity contribution in [1.82, 2.24) is 4.90 Å². The van der Waals surface area contributed by atoms with Crippen molar-refractivity contribution < 1.29 is 14.7 Å². The van der Waals surface area contributed by atoms with E-state index in [1.165, 1.54) is 4.90 Å². The molecule has 0 spiro atoms. The monoisotopic (exact) mass is 243 g/mol. The van der Waals surface area contributed by atoms with E-state index in [9.17, 15) is 14.7 Å². The summed E-state index contributed by atoms with van der Waals surface area (Å²) >= 11 is 0. The van der Waals surface area contributed by atoms with E-state index in [-0.39, 0.29) is 11.8 Å². The van der Waals surface area contributed by atoms with Crippen LogP contribution in [0.1, 0.15) is 47.5 Å². The van der Waals surface area contributed by atoms with Crippen molar-refractivity contribution in [1.29, 1.82) is 0 Å². The van der Waals surface area contributed by atoms with Gasteiger partial charge in [0.1, 0.15) is 5.54 Å². The second-order valence-corrected chi connectivity index (χ2v) is 5.42. The predicted molar refractivity (Wildman–Crippen MR) is 67.7 cm³/mol. The van der Waals surface area contributed by atoms with Crippen LogP contribution in [0.5, 0.6) is 0 Å². The molecule has 0 aliphatic heterocycles. The summed E-state index contributed by atoms with van der Waals surface area (Å²) in [5.41, 5.74) is -1.06. The van der Waals surface area contributed by atoms with Crippen LogP contribution in [-0.4, -0.2) is 34.5 Å². The Balaban J connectivity index is 5.36. The number of amides is 1. The van der Waals surface area contributed by atoms with E-state index in [1.54, 1.807) is 0 Å². The number of carbonyl (C=O) groups is 2. The van der Waals surface area contributed by atoms with Crippen molar-refractivity contribution in [3.8, 4) is 0 Å². The van der Waals surface area contributed by atoms with Crippen LogP contribution in [-0.2, 0) is 9.59 Å². The maximum atomic E-state index is 11.7. The van der Waals surface area contributed by atoms with Crippen molar-refractivity contribution in [2.45, 2.75) is 53.0 Å². The van der Waals surface area contributed by atoms with Crippen LogP contribution >= 0.6 is 0 Å². The Hall–Kier alpha value is -1.06. The minimum Gasteiger partial charge on any atom is -0.479 e. The van der Waals surface area contributed by atoms with Gasteiger partial charge in [0.25, 0.3) is 0 Å². The van der Waals surface area contributed by atoms with Crippen molar-refractivity contribution in [2.24, 2.45) is 11.8 Å². The van der Waals surface area contributed by atoms with E-state index in [1.807, 2.05) is 34.6 Å². The van der Waals surface area contributed by atoms with E-state index < -0.39 is 11.5 Å². The summed E-state index contributed by atoms with van der Waals surface area (Å²) in [6.45, 7) is 10.2. The largest absolute Gasteiger partial charge is 0.479 e. The molecule has 1 N–H and O–H groups in total. The van der Waals surface area contributed by atoms with Crippen LogP contribution in [0.4, 0.5) is 0 Å². The van der Waals surface area contributed by atoms with Gasteiger partial charge in [0, 0.05) is 6.54 Å². The second kappa shape index (κ2) is 6.62. The number of aliphatic carboxylic acids is 1. The highest BCUT2D eigenvalue weighted by molar-refractivity contribution is 5.81. The third-order valence-electron chi connectivity index (χ3n) is 2.91. The SMILES string of the molecule is CCN(C=O)C(CC(C)C)(CC(C)C)C(=O)O. The number of hydrogen-bond donors (Lipinski definition) is 1. The van der Waals surface area contributed by atoms with Gasteiger partial charge in [-0.1, -0.05) is 27.7 Å². The van der Waals surface area contributed by atoms with E-state index in [2.05, 4.69) is 0 Å². The average Bonchev–Trinajstić information content (AvgIpc) is 2.16. The van der Waals surface area contributed by atoms with Gasteiger partial charge >= 0.3 is 5.97 Å². The van der Waals surface area contributed by atoms with Crippen LogP contribution in [0.2, 0.25) is 0 Å². The lowest BCUT2D eigenvalue weighted by Crippen LogP contribution is -2.55. The molecule has 0 radical (unpaired) electrons. The molecule has 0 heterocycles. The summed E-state index contributed by atoms with van der Waals surface area (Å²) in [7, 11) is 0. The Morgan fingerprint density at radius 3 is 1.82 bits per heavy atom. The minimum absolute atomic E-state index is 0.235. The minimum atomic E-state index is -1.06. The smallest absolute Gasteiger partial charge is 0.329 e. The Kier molecular flexibility index (Phi) is 6.21. The molecule has 0 atom stereocenters. The second-order valence-electron chi connectivity index (χ2n) is 5.42. The van der Waals surface area contributed by atoms with Crippen molar-refractivity contribution >= 4 is 12.4 Å². The highest BCUT2D eigenvalue weighted by Crippen LogP contribution is 2.30. The molecule has 0 aliphatic carbocycles. The Morgan fingerprint density at radius 2 is 1.65 bits per heavy atom. The van der Waals surface area contributed by atoms with Gasteiger partial charge in [-0.15, -0.1) is 0 Å². The van der Waals surface area contributed by atoms with Gasteiger partial charge < -0.3 is 10.0 Å². The summed E-state index contributed by atoms with van der Waals surface area (Å²) in [6.07, 6.45) is 1.65. The Bertz CT molecular complexity index is 251. The van der Waals surface area contributed by atoms with Crippen LogP contribution in [0.15, 0.2) is 0 Å². The molecule has 0 saturated heterocycles. The van der Waals surface area contributed by atoms with Crippen LogP contribution < -0.4 is 0 Å². The first-order valence-corrected chi connectivity index (χ1v) is 6.25. The first-order chi connectivity index (χ1) is 7.80. The van der Waals surface area contributed by atoms with E-state index in [0.29, 0.717) is 25.8 Å². The molecule has 17 heavy (non-hydrogen) atoms. The quantitative estimate of drug-likeness (QED) is 0.666. The maximum absolute atomic E-state index is 11.7. The third kappa shape index (κ3) is 4.02. The molecule has 4 nitrogen and oxygen atoms in total. The number of nitrogens with zero attached hydrogens (tertiary/aromatic N) is 1. The summed E-state index contributed by atoms with van der Waals surface area (Å²) in [5.74, 6) is -0.424. The average molecular weight is 243 g/mol. The topological polar surface area (TPSA) is 57.6 Å². The first kappa shape index (κ1) is 15.9. The molecule has 0 bridgehead atoms. The third-order valence-corrected chi connectivity index (χ3v) is 2.91. The molecule has 4 heteroatoms. The number of carboxylic acids is 1. The van der Waals surface area contributed by atoms with Crippen molar-refractivity contribution in [3.63, 3.8) is 0 Å². The van der Waals surface area contributed by atoms with Crippen LogP contribution in [0.3, 0.4) is 0 Å².